The van der Waals surface area contributed by atoms with Gasteiger partial charge in [-0.05, 0) is 6.07 Å². The van der Waals surface area contributed by atoms with E-state index in [1.54, 1.807) is 0 Å². The Morgan fingerprint density at radius 1 is 1.50 bits per heavy atom. The second kappa shape index (κ2) is 6.41. The minimum atomic E-state index is -1.23. The number of carbonyl (C=O) groups excluding carboxylic acids is 1. The average molecular weight is 326 g/mol. The fourth-order valence-corrected chi connectivity index (χ4v) is 2.24. The number of aliphatic carboxylic acids is 1. The van der Waals surface area contributed by atoms with Gasteiger partial charge in [0.25, 0.3) is 11.6 Å². The lowest BCUT2D eigenvalue weighted by Crippen LogP contribution is -2.37. The molecular formula is C11H10N4O6S. The molecule has 1 heterocycles. The number of nitrogens with zero attached hydrogens (tertiary/aromatic N) is 3. The largest absolute Gasteiger partial charge is 0.479 e. The van der Waals surface area contributed by atoms with Crippen LogP contribution < -0.4 is 5.32 Å². The fourth-order valence-electron chi connectivity index (χ4n) is 1.70. The maximum absolute atomic E-state index is 12.0. The second-order valence-corrected chi connectivity index (χ2v) is 4.69. The number of aromatic nitrogens is 2. The highest BCUT2D eigenvalue weighted by Crippen LogP contribution is 2.25. The molecule has 0 saturated heterocycles. The van der Waals surface area contributed by atoms with Crippen molar-refractivity contribution in [1.29, 1.82) is 0 Å². The summed E-state index contributed by atoms with van der Waals surface area (Å²) in [5.41, 5.74) is -0.0113. The van der Waals surface area contributed by atoms with E-state index in [2.05, 4.69) is 18.8 Å². The molecule has 0 fully saturated rings. The molecule has 0 bridgehead atoms. The van der Waals surface area contributed by atoms with Crippen molar-refractivity contribution in [2.45, 2.75) is 6.10 Å². The van der Waals surface area contributed by atoms with Crippen molar-refractivity contribution >= 4 is 40.3 Å². The van der Waals surface area contributed by atoms with E-state index in [1.807, 2.05) is 0 Å². The molecule has 0 aliphatic rings. The second-order valence-electron chi connectivity index (χ2n) is 4.16. The number of hydrogen-bond acceptors (Lipinski definition) is 8. The third-order valence-electron chi connectivity index (χ3n) is 2.81. The van der Waals surface area contributed by atoms with E-state index in [1.165, 1.54) is 13.2 Å². The quantitative estimate of drug-likeness (QED) is 0.574. The number of benzene rings is 1. The first-order chi connectivity index (χ1) is 10.4. The lowest BCUT2D eigenvalue weighted by Gasteiger charge is -2.11. The number of hydrogen-bond donors (Lipinski definition) is 2. The number of non-ortho nitro benzene ring substituents is 1. The van der Waals surface area contributed by atoms with E-state index in [9.17, 15) is 19.7 Å². The molecule has 11 heteroatoms. The van der Waals surface area contributed by atoms with Gasteiger partial charge in [0, 0.05) is 18.7 Å². The molecule has 116 valence electrons. The van der Waals surface area contributed by atoms with Gasteiger partial charge in [-0.15, -0.1) is 0 Å². The van der Waals surface area contributed by atoms with Crippen LogP contribution in [0.3, 0.4) is 0 Å². The maximum Gasteiger partial charge on any atom is 0.334 e. The van der Waals surface area contributed by atoms with Crippen LogP contribution in [0.1, 0.15) is 10.4 Å². The molecule has 1 amide bonds. The minimum absolute atomic E-state index is 0.00728. The molecule has 22 heavy (non-hydrogen) atoms. The number of carboxylic acid groups (broad SMARTS) is 1. The summed E-state index contributed by atoms with van der Waals surface area (Å²) in [7, 11) is 1.20. The van der Waals surface area contributed by atoms with Gasteiger partial charge in [0.15, 0.2) is 11.6 Å². The van der Waals surface area contributed by atoms with E-state index in [-0.39, 0.29) is 28.8 Å². The van der Waals surface area contributed by atoms with Gasteiger partial charge in [-0.2, -0.15) is 8.75 Å². The van der Waals surface area contributed by atoms with Crippen LogP contribution in [0.5, 0.6) is 0 Å². The van der Waals surface area contributed by atoms with E-state index >= 15 is 0 Å². The summed E-state index contributed by atoms with van der Waals surface area (Å²) in [4.78, 5) is 33.1. The van der Waals surface area contributed by atoms with Crippen LogP contribution in [0.25, 0.3) is 11.0 Å². The first kappa shape index (κ1) is 15.7. The summed E-state index contributed by atoms with van der Waals surface area (Å²) >= 11 is 0.797. The van der Waals surface area contributed by atoms with Crippen LogP contribution in [0.15, 0.2) is 12.1 Å². The zero-order chi connectivity index (χ0) is 16.3. The predicted molar refractivity (Wildman–Crippen MR) is 74.8 cm³/mol. The van der Waals surface area contributed by atoms with Gasteiger partial charge in [-0.3, -0.25) is 14.9 Å². The third-order valence-corrected chi connectivity index (χ3v) is 3.35. The zero-order valence-corrected chi connectivity index (χ0v) is 12.0. The molecule has 10 nitrogen and oxygen atoms in total. The molecule has 0 saturated carbocycles. The van der Waals surface area contributed by atoms with Gasteiger partial charge in [0.1, 0.15) is 5.52 Å². The van der Waals surface area contributed by atoms with Crippen LogP contribution in [-0.2, 0) is 9.53 Å². The van der Waals surface area contributed by atoms with E-state index in [0.29, 0.717) is 0 Å². The molecule has 0 radical (unpaired) electrons. The molecule has 0 spiro atoms. The standard InChI is InChI=1S/C11H10N4O6S/c1-21-8(11(17)18)4-12-10(16)5-2-6-9(14-22-13-6)7(3-5)15(19)20/h2-3,8H,4H2,1H3,(H,12,16)(H,17,18). The Bertz CT molecular complexity index is 745. The van der Waals surface area contributed by atoms with E-state index < -0.39 is 22.9 Å². The molecule has 0 aliphatic heterocycles. The van der Waals surface area contributed by atoms with Crippen molar-refractivity contribution < 1.29 is 24.4 Å². The number of nitrogens with one attached hydrogen (secondary N) is 1. The SMILES string of the molecule is COC(CNC(=O)c1cc([N+](=O)[O-])c2nsnc2c1)C(=O)O. The van der Waals surface area contributed by atoms with Gasteiger partial charge < -0.3 is 15.2 Å². The molecule has 0 aliphatic carbocycles. The zero-order valence-electron chi connectivity index (χ0n) is 11.2. The summed E-state index contributed by atoms with van der Waals surface area (Å²) in [5.74, 6) is -1.89. The Morgan fingerprint density at radius 2 is 2.23 bits per heavy atom. The van der Waals surface area contributed by atoms with Gasteiger partial charge >= 0.3 is 5.97 Å². The summed E-state index contributed by atoms with van der Waals surface area (Å²) in [6.07, 6.45) is -1.20. The minimum Gasteiger partial charge on any atom is -0.479 e. The smallest absolute Gasteiger partial charge is 0.334 e. The number of carboxylic acids is 1. The van der Waals surface area contributed by atoms with Crippen molar-refractivity contribution in [1.82, 2.24) is 14.1 Å². The summed E-state index contributed by atoms with van der Waals surface area (Å²) in [6.45, 7) is -0.272. The van der Waals surface area contributed by atoms with Gasteiger partial charge in [0.05, 0.1) is 23.2 Å². The molecule has 1 atom stereocenters. The Hall–Kier alpha value is -2.66. The number of nitro benzene ring substituents is 1. The van der Waals surface area contributed by atoms with Crippen molar-refractivity contribution in [3.63, 3.8) is 0 Å². The number of carbonyl (C=O) groups is 2. The normalized spacial score (nSPS) is 12.0. The fraction of sp³-hybridized carbons (Fsp3) is 0.273. The summed E-state index contributed by atoms with van der Waals surface area (Å²) in [6, 6.07) is 2.42. The first-order valence-electron chi connectivity index (χ1n) is 5.88. The monoisotopic (exact) mass is 326 g/mol. The number of nitro groups is 1. The van der Waals surface area contributed by atoms with Crippen LogP contribution in [0.2, 0.25) is 0 Å². The highest BCUT2D eigenvalue weighted by atomic mass is 32.1. The Kier molecular flexibility index (Phi) is 4.58. The van der Waals surface area contributed by atoms with Gasteiger partial charge in [0.2, 0.25) is 0 Å². The number of fused-ring (bicyclic) bond motifs is 1. The van der Waals surface area contributed by atoms with Gasteiger partial charge in [-0.25, -0.2) is 4.79 Å². The highest BCUT2D eigenvalue weighted by molar-refractivity contribution is 7.00. The van der Waals surface area contributed by atoms with Crippen molar-refractivity contribution in [2.24, 2.45) is 0 Å². The van der Waals surface area contributed by atoms with Crippen molar-refractivity contribution in [2.75, 3.05) is 13.7 Å². The third kappa shape index (κ3) is 3.15. The van der Waals surface area contributed by atoms with Crippen molar-refractivity contribution in [3.8, 4) is 0 Å². The molecule has 1 unspecified atom stereocenters. The lowest BCUT2D eigenvalue weighted by molar-refractivity contribution is -0.383. The molecule has 1 aromatic carbocycles. The predicted octanol–water partition coefficient (Wildman–Crippen LogP) is 0.429. The van der Waals surface area contributed by atoms with Crippen molar-refractivity contribution in [3.05, 3.63) is 27.8 Å². The molecule has 2 rings (SSSR count). The number of ether oxygens (including phenoxy) is 1. The molecule has 1 aromatic heterocycles. The van der Waals surface area contributed by atoms with Crippen LogP contribution >= 0.6 is 11.7 Å². The number of amides is 1. The van der Waals surface area contributed by atoms with Gasteiger partial charge in [-0.1, -0.05) is 0 Å². The van der Waals surface area contributed by atoms with E-state index in [4.69, 9.17) is 5.11 Å². The highest BCUT2D eigenvalue weighted by Gasteiger charge is 2.22. The van der Waals surface area contributed by atoms with Crippen LogP contribution in [-0.4, -0.2) is 50.4 Å². The topological polar surface area (TPSA) is 145 Å². The maximum atomic E-state index is 12.0. The molecular weight excluding hydrogens is 316 g/mol. The Labute approximate surface area is 127 Å². The first-order valence-corrected chi connectivity index (χ1v) is 6.61. The number of rotatable bonds is 6. The lowest BCUT2D eigenvalue weighted by atomic mass is 10.1. The van der Waals surface area contributed by atoms with Crippen LogP contribution in [0, 0.1) is 10.1 Å². The molecule has 2 N–H and O–H groups in total. The van der Waals surface area contributed by atoms with Crippen LogP contribution in [0.4, 0.5) is 5.69 Å². The van der Waals surface area contributed by atoms with E-state index in [0.717, 1.165) is 17.8 Å². The molecule has 2 aromatic rings. The summed E-state index contributed by atoms with van der Waals surface area (Å²) < 4.78 is 12.4. The number of methoxy groups -OCH3 is 1. The Morgan fingerprint density at radius 3 is 2.82 bits per heavy atom. The summed E-state index contributed by atoms with van der Waals surface area (Å²) in [5, 5.41) is 22.1. The average Bonchev–Trinajstić information content (AvgIpc) is 2.94. The Balaban J connectivity index is 2.24.